The second-order valence-corrected chi connectivity index (χ2v) is 15.7. The zero-order valence-corrected chi connectivity index (χ0v) is 32.3. The van der Waals surface area contributed by atoms with Crippen molar-refractivity contribution in [3.63, 3.8) is 0 Å². The summed E-state index contributed by atoms with van der Waals surface area (Å²) in [5, 5.41) is 166. The summed E-state index contributed by atoms with van der Waals surface area (Å²) in [7, 11) is 0. The minimum Gasteiger partial charge on any atom is -0.508 e. The normalized spacial score (nSPS) is 23.6. The number of aliphatic hydroxyl groups is 3. The molecule has 63 heavy (non-hydrogen) atoms. The summed E-state index contributed by atoms with van der Waals surface area (Å²) >= 11 is 0. The molecule has 0 fully saturated rings. The smallest absolute Gasteiger partial charge is 0.157 e. The van der Waals surface area contributed by atoms with E-state index in [1.165, 1.54) is 18.2 Å². The molecule has 6 aromatic carbocycles. The Kier molecular flexibility index (Phi) is 9.46. The van der Waals surface area contributed by atoms with Gasteiger partial charge in [0.1, 0.15) is 70.1 Å². The average molecular weight is 867 g/mol. The molecule has 3 heterocycles. The molecule has 15 N–H and O–H groups in total. The van der Waals surface area contributed by atoms with E-state index in [1.54, 1.807) is 0 Å². The molecule has 0 aliphatic carbocycles. The summed E-state index contributed by atoms with van der Waals surface area (Å²) in [6, 6.07) is 14.4. The van der Waals surface area contributed by atoms with Gasteiger partial charge in [0.2, 0.25) is 0 Å². The molecular formula is C45H38O18. The van der Waals surface area contributed by atoms with Crippen LogP contribution in [0, 0.1) is 0 Å². The van der Waals surface area contributed by atoms with Crippen LogP contribution in [-0.4, -0.2) is 94.9 Å². The Morgan fingerprint density at radius 3 is 1.29 bits per heavy atom. The predicted octanol–water partition coefficient (Wildman–Crippen LogP) is 4.44. The quantitative estimate of drug-likeness (QED) is 0.106. The summed E-state index contributed by atoms with van der Waals surface area (Å²) < 4.78 is 18.9. The largest absolute Gasteiger partial charge is 0.508 e. The van der Waals surface area contributed by atoms with Gasteiger partial charge in [-0.15, -0.1) is 0 Å². The lowest BCUT2D eigenvalue weighted by molar-refractivity contribution is -0.00562. The van der Waals surface area contributed by atoms with Gasteiger partial charge >= 0.3 is 0 Å². The minimum absolute atomic E-state index is 0.0127. The number of benzene rings is 6. The number of aliphatic hydroxyl groups excluding tert-OH is 3. The van der Waals surface area contributed by atoms with Gasteiger partial charge in [-0.2, -0.15) is 0 Å². The molecule has 0 unspecified atom stereocenters. The van der Waals surface area contributed by atoms with E-state index < -0.39 is 123 Å². The summed E-state index contributed by atoms with van der Waals surface area (Å²) in [5.74, 6) is -11.5. The van der Waals surface area contributed by atoms with Gasteiger partial charge in [-0.25, -0.2) is 0 Å². The van der Waals surface area contributed by atoms with E-state index in [0.29, 0.717) is 0 Å². The molecule has 3 aliphatic heterocycles. The molecule has 326 valence electrons. The van der Waals surface area contributed by atoms with Crippen molar-refractivity contribution in [2.24, 2.45) is 0 Å². The molecule has 0 saturated carbocycles. The number of phenolic OH excluding ortho intramolecular Hbond substituents is 12. The molecular weight excluding hydrogens is 828 g/mol. The number of fused-ring (bicyclic) bond motifs is 3. The first-order valence-electron chi connectivity index (χ1n) is 19.3. The lowest BCUT2D eigenvalue weighted by Gasteiger charge is -2.43. The molecule has 0 saturated heterocycles. The van der Waals surface area contributed by atoms with Crippen molar-refractivity contribution >= 4 is 0 Å². The maximum Gasteiger partial charge on any atom is 0.157 e. The topological polar surface area (TPSA) is 331 Å². The van der Waals surface area contributed by atoms with Gasteiger partial charge in [0, 0.05) is 58.5 Å². The van der Waals surface area contributed by atoms with Crippen LogP contribution >= 0.6 is 0 Å². The zero-order chi connectivity index (χ0) is 44.9. The Morgan fingerprint density at radius 1 is 0.365 bits per heavy atom. The van der Waals surface area contributed by atoms with Gasteiger partial charge in [0.25, 0.3) is 0 Å². The van der Waals surface area contributed by atoms with E-state index in [2.05, 4.69) is 0 Å². The molecule has 18 nitrogen and oxygen atoms in total. The maximum atomic E-state index is 12.5. The van der Waals surface area contributed by atoms with Crippen molar-refractivity contribution in [2.45, 2.75) is 54.9 Å². The van der Waals surface area contributed by atoms with E-state index in [0.717, 1.165) is 60.7 Å². The minimum atomic E-state index is -1.90. The van der Waals surface area contributed by atoms with E-state index in [4.69, 9.17) is 14.2 Å². The third-order valence-corrected chi connectivity index (χ3v) is 11.8. The lowest BCUT2D eigenvalue weighted by atomic mass is 9.73. The van der Waals surface area contributed by atoms with Crippen molar-refractivity contribution in [3.8, 4) is 86.2 Å². The van der Waals surface area contributed by atoms with E-state index in [9.17, 15) is 76.6 Å². The SMILES string of the molecule is Oc1cc(O)c2c(c1)O[C@H](c1ccc(O)c(O)c1)[C@H](O)[C@@H]2c1c(O)cc(O)c2c1O[C@H](c1ccc(O)c(O)c1)[C@H](O)[C@H]2c1c(O)cc(O)c2c1O[C@H](c1ccc(O)c(O)c1)[C@H](O)C2. The van der Waals surface area contributed by atoms with E-state index >= 15 is 0 Å². The summed E-state index contributed by atoms with van der Waals surface area (Å²) in [6.45, 7) is 0. The van der Waals surface area contributed by atoms with Crippen molar-refractivity contribution in [3.05, 3.63) is 123 Å². The molecule has 8 atom stereocenters. The number of phenols is 12. The third kappa shape index (κ3) is 6.46. The van der Waals surface area contributed by atoms with Crippen LogP contribution in [0.3, 0.4) is 0 Å². The van der Waals surface area contributed by atoms with Gasteiger partial charge in [-0.05, 0) is 53.1 Å². The molecule has 0 radical (unpaired) electrons. The predicted molar refractivity (Wildman–Crippen MR) is 214 cm³/mol. The summed E-state index contributed by atoms with van der Waals surface area (Å²) in [4.78, 5) is 0. The molecule has 0 spiro atoms. The highest BCUT2D eigenvalue weighted by Crippen LogP contribution is 2.62. The fraction of sp³-hybridized carbons (Fsp3) is 0.200. The Balaban J connectivity index is 1.31. The number of aromatic hydroxyl groups is 12. The first-order chi connectivity index (χ1) is 29.9. The number of hydrogen-bond acceptors (Lipinski definition) is 18. The first-order valence-corrected chi connectivity index (χ1v) is 19.3. The average Bonchev–Trinajstić information content (AvgIpc) is 3.22. The van der Waals surface area contributed by atoms with Gasteiger partial charge in [-0.1, -0.05) is 18.2 Å². The Morgan fingerprint density at radius 2 is 0.778 bits per heavy atom. The fourth-order valence-corrected chi connectivity index (χ4v) is 8.94. The van der Waals surface area contributed by atoms with Crippen molar-refractivity contribution in [2.75, 3.05) is 0 Å². The van der Waals surface area contributed by atoms with Gasteiger partial charge < -0.3 is 90.8 Å². The standard InChI is InChI=1S/C45H38O18/c46-18-10-27(54)33-32(11-18)61-42(16-2-5-21(48)25(52)8-16)39(59)37(33)35-29(56)14-30(57)36-38(40(60)43(63-45(35)36)17-3-6-22(49)26(53)9-17)34-28(55)13-23(50)19-12-31(58)41(62-44(19)34)15-1-4-20(47)24(51)7-15/h1-11,13-14,31,37-43,46-60H,12H2/t31-,37+,38+,39-,40-,41-,42-,43-/m1/s1. The van der Waals surface area contributed by atoms with E-state index in [-0.39, 0.29) is 62.4 Å². The third-order valence-electron chi connectivity index (χ3n) is 11.8. The van der Waals surface area contributed by atoms with Crippen LogP contribution in [0.15, 0.2) is 78.9 Å². The van der Waals surface area contributed by atoms with Crippen LogP contribution < -0.4 is 14.2 Å². The molecule has 0 bridgehead atoms. The molecule has 6 aromatic rings. The van der Waals surface area contributed by atoms with Crippen LogP contribution in [0.1, 0.15) is 74.7 Å². The highest BCUT2D eigenvalue weighted by molar-refractivity contribution is 5.70. The Bertz CT molecular complexity index is 2840. The van der Waals surface area contributed by atoms with Gasteiger partial charge in [0.15, 0.2) is 46.7 Å². The number of hydrogen-bond donors (Lipinski definition) is 15. The van der Waals surface area contributed by atoms with Crippen LogP contribution in [0.4, 0.5) is 0 Å². The highest BCUT2D eigenvalue weighted by atomic mass is 16.5. The fourth-order valence-electron chi connectivity index (χ4n) is 8.94. The molecule has 18 heteroatoms. The van der Waals surface area contributed by atoms with Gasteiger partial charge in [-0.3, -0.25) is 0 Å². The molecule has 0 aromatic heterocycles. The monoisotopic (exact) mass is 866 g/mol. The zero-order valence-electron chi connectivity index (χ0n) is 32.3. The van der Waals surface area contributed by atoms with Gasteiger partial charge in [0.05, 0.1) is 17.9 Å². The molecule has 0 amide bonds. The number of rotatable bonds is 5. The van der Waals surface area contributed by atoms with Crippen LogP contribution in [0.5, 0.6) is 86.2 Å². The molecule has 9 rings (SSSR count). The first kappa shape index (κ1) is 40.6. The van der Waals surface area contributed by atoms with Crippen molar-refractivity contribution in [1.29, 1.82) is 0 Å². The van der Waals surface area contributed by atoms with Crippen LogP contribution in [0.25, 0.3) is 0 Å². The second kappa shape index (κ2) is 14.7. The molecule has 3 aliphatic rings. The van der Waals surface area contributed by atoms with E-state index in [1.807, 2.05) is 0 Å². The number of ether oxygens (including phenoxy) is 3. The Labute approximate surface area is 354 Å². The van der Waals surface area contributed by atoms with Crippen molar-refractivity contribution in [1.82, 2.24) is 0 Å². The second-order valence-electron chi connectivity index (χ2n) is 15.7. The highest BCUT2D eigenvalue weighted by Gasteiger charge is 2.51. The van der Waals surface area contributed by atoms with Crippen molar-refractivity contribution < 1.29 is 90.8 Å². The maximum absolute atomic E-state index is 12.5. The Hall–Kier alpha value is -7.80. The summed E-state index contributed by atoms with van der Waals surface area (Å²) in [6.07, 6.45) is -9.93. The summed E-state index contributed by atoms with van der Waals surface area (Å²) in [5.41, 5.74) is -1.10. The van der Waals surface area contributed by atoms with Crippen LogP contribution in [0.2, 0.25) is 0 Å². The lowest BCUT2D eigenvalue weighted by Crippen LogP contribution is -2.39. The van der Waals surface area contributed by atoms with Crippen LogP contribution in [-0.2, 0) is 6.42 Å².